The second kappa shape index (κ2) is 7.39. The van der Waals surface area contributed by atoms with E-state index in [1.54, 1.807) is 30.8 Å². The average Bonchev–Trinajstić information content (AvgIpc) is 2.90. The Morgan fingerprint density at radius 1 is 1.25 bits per heavy atom. The summed E-state index contributed by atoms with van der Waals surface area (Å²) in [7, 11) is 3.02. The molecule has 3 rings (SSSR count). The number of para-hydroxylation sites is 1. The third kappa shape index (κ3) is 3.25. The van der Waals surface area contributed by atoms with Gasteiger partial charge in [0.25, 0.3) is 11.2 Å². The Balaban J connectivity index is 2.11. The molecular weight excluding hydrogens is 364 g/mol. The number of non-ortho nitro benzene ring substituents is 1. The Kier molecular flexibility index (Phi) is 4.99. The molecule has 2 aromatic carbocycles. The van der Waals surface area contributed by atoms with Crippen LogP contribution in [0.1, 0.15) is 11.3 Å². The average molecular weight is 382 g/mol. The van der Waals surface area contributed by atoms with Gasteiger partial charge >= 0.3 is 0 Å². The standard InChI is InChI=1S/C19H18N4O5/c1-12-17(19(25)22(21(12)2)14-7-5-4-6-8-14)20-11-13-9-15(23(26)27)10-16(28-3)18(13)24/h4-11,24H,1-3H3. The van der Waals surface area contributed by atoms with E-state index in [0.29, 0.717) is 11.4 Å². The highest BCUT2D eigenvalue weighted by atomic mass is 16.6. The normalized spacial score (nSPS) is 11.1. The number of aliphatic imine (C=N–C) groups is 1. The number of hydrogen-bond acceptors (Lipinski definition) is 6. The summed E-state index contributed by atoms with van der Waals surface area (Å²) in [5.41, 5.74) is 0.902. The Morgan fingerprint density at radius 2 is 1.93 bits per heavy atom. The van der Waals surface area contributed by atoms with Crippen LogP contribution in [0.15, 0.2) is 52.3 Å². The van der Waals surface area contributed by atoms with E-state index in [9.17, 15) is 20.0 Å². The minimum absolute atomic E-state index is 0.0536. The molecule has 1 N–H and O–H groups in total. The molecule has 3 aromatic rings. The van der Waals surface area contributed by atoms with Crippen LogP contribution in [0.5, 0.6) is 11.5 Å². The lowest BCUT2D eigenvalue weighted by Crippen LogP contribution is -2.19. The van der Waals surface area contributed by atoms with Gasteiger partial charge in [0.05, 0.1) is 29.5 Å². The summed E-state index contributed by atoms with van der Waals surface area (Å²) in [5, 5.41) is 21.3. The topological polar surface area (TPSA) is 112 Å². The smallest absolute Gasteiger partial charge is 0.297 e. The summed E-state index contributed by atoms with van der Waals surface area (Å²) in [6.07, 6.45) is 1.21. The molecule has 0 fully saturated rings. The van der Waals surface area contributed by atoms with Crippen molar-refractivity contribution in [2.45, 2.75) is 6.92 Å². The number of benzene rings is 2. The van der Waals surface area contributed by atoms with Crippen LogP contribution in [-0.4, -0.2) is 32.7 Å². The molecule has 9 heteroatoms. The lowest BCUT2D eigenvalue weighted by Gasteiger charge is -2.07. The van der Waals surface area contributed by atoms with Crippen LogP contribution in [0.4, 0.5) is 11.4 Å². The summed E-state index contributed by atoms with van der Waals surface area (Å²) < 4.78 is 8.10. The van der Waals surface area contributed by atoms with Gasteiger partial charge in [-0.2, -0.15) is 0 Å². The van der Waals surface area contributed by atoms with Crippen molar-refractivity contribution in [2.24, 2.45) is 12.0 Å². The summed E-state index contributed by atoms with van der Waals surface area (Å²) >= 11 is 0. The van der Waals surface area contributed by atoms with E-state index >= 15 is 0 Å². The van der Waals surface area contributed by atoms with E-state index in [0.717, 1.165) is 12.1 Å². The van der Waals surface area contributed by atoms with Gasteiger partial charge in [0.2, 0.25) is 0 Å². The predicted octanol–water partition coefficient (Wildman–Crippen LogP) is 2.86. The van der Waals surface area contributed by atoms with Gasteiger partial charge in [-0.25, -0.2) is 9.67 Å². The zero-order valence-corrected chi connectivity index (χ0v) is 15.5. The Morgan fingerprint density at radius 3 is 2.54 bits per heavy atom. The molecule has 0 spiro atoms. The maximum atomic E-state index is 12.8. The molecule has 0 radical (unpaired) electrons. The number of hydrogen-bond donors (Lipinski definition) is 1. The number of phenolic OH excluding ortho intramolecular Hbond substituents is 1. The molecule has 0 aliphatic rings. The molecule has 0 atom stereocenters. The fourth-order valence-electron chi connectivity index (χ4n) is 2.81. The number of phenols is 1. The van der Waals surface area contributed by atoms with Crippen molar-refractivity contribution in [3.63, 3.8) is 0 Å². The van der Waals surface area contributed by atoms with Crippen molar-refractivity contribution >= 4 is 17.6 Å². The number of aromatic nitrogens is 2. The Labute approximate surface area is 159 Å². The fraction of sp³-hybridized carbons (Fsp3) is 0.158. The number of methoxy groups -OCH3 is 1. The number of rotatable bonds is 5. The van der Waals surface area contributed by atoms with E-state index in [1.807, 2.05) is 18.2 Å². The van der Waals surface area contributed by atoms with Crippen molar-refractivity contribution in [1.82, 2.24) is 9.36 Å². The second-order valence-electron chi connectivity index (χ2n) is 6.01. The molecule has 0 saturated heterocycles. The van der Waals surface area contributed by atoms with Crippen LogP contribution in [0.3, 0.4) is 0 Å². The molecule has 144 valence electrons. The first-order chi connectivity index (χ1) is 13.3. The third-order valence-corrected chi connectivity index (χ3v) is 4.38. The second-order valence-corrected chi connectivity index (χ2v) is 6.01. The molecule has 0 aliphatic heterocycles. The molecule has 9 nitrogen and oxygen atoms in total. The number of nitrogens with zero attached hydrogens (tertiary/aromatic N) is 4. The van der Waals surface area contributed by atoms with Crippen LogP contribution in [0.2, 0.25) is 0 Å². The van der Waals surface area contributed by atoms with Crippen LogP contribution in [-0.2, 0) is 7.05 Å². The van der Waals surface area contributed by atoms with Crippen LogP contribution in [0.25, 0.3) is 5.69 Å². The maximum Gasteiger partial charge on any atom is 0.297 e. The Bertz CT molecular complexity index is 1130. The number of nitro benzene ring substituents is 1. The summed E-state index contributed by atoms with van der Waals surface area (Å²) in [6.45, 7) is 1.74. The molecule has 0 unspecified atom stereocenters. The molecule has 0 amide bonds. The van der Waals surface area contributed by atoms with Crippen molar-refractivity contribution in [1.29, 1.82) is 0 Å². The van der Waals surface area contributed by atoms with Gasteiger partial charge in [-0.3, -0.25) is 19.6 Å². The number of nitro groups is 1. The molecule has 0 aliphatic carbocycles. The van der Waals surface area contributed by atoms with E-state index < -0.39 is 4.92 Å². The molecule has 1 heterocycles. The zero-order chi connectivity index (χ0) is 20.4. The zero-order valence-electron chi connectivity index (χ0n) is 15.5. The van der Waals surface area contributed by atoms with Crippen molar-refractivity contribution < 1.29 is 14.8 Å². The molecule has 0 bridgehead atoms. The van der Waals surface area contributed by atoms with Crippen molar-refractivity contribution in [3.8, 4) is 17.2 Å². The first kappa shape index (κ1) is 18.9. The van der Waals surface area contributed by atoms with E-state index in [2.05, 4.69) is 4.99 Å². The van der Waals surface area contributed by atoms with Crippen LogP contribution >= 0.6 is 0 Å². The fourth-order valence-corrected chi connectivity index (χ4v) is 2.81. The van der Waals surface area contributed by atoms with Crippen LogP contribution < -0.4 is 10.3 Å². The molecule has 0 saturated carbocycles. The minimum Gasteiger partial charge on any atom is -0.504 e. The number of ether oxygens (including phenoxy) is 1. The predicted molar refractivity (Wildman–Crippen MR) is 104 cm³/mol. The van der Waals surface area contributed by atoms with Crippen molar-refractivity contribution in [2.75, 3.05) is 7.11 Å². The van der Waals surface area contributed by atoms with Gasteiger partial charge in [-0.15, -0.1) is 0 Å². The van der Waals surface area contributed by atoms with Crippen LogP contribution in [0, 0.1) is 17.0 Å². The minimum atomic E-state index is -0.602. The summed E-state index contributed by atoms with van der Waals surface area (Å²) in [5.74, 6) is -0.351. The van der Waals surface area contributed by atoms with Gasteiger partial charge < -0.3 is 9.84 Å². The van der Waals surface area contributed by atoms with E-state index in [4.69, 9.17) is 4.74 Å². The largest absolute Gasteiger partial charge is 0.504 e. The molecular formula is C19H18N4O5. The highest BCUT2D eigenvalue weighted by Gasteiger charge is 2.18. The highest BCUT2D eigenvalue weighted by molar-refractivity contribution is 5.88. The first-order valence-electron chi connectivity index (χ1n) is 8.28. The summed E-state index contributed by atoms with van der Waals surface area (Å²) in [4.78, 5) is 27.5. The monoisotopic (exact) mass is 382 g/mol. The highest BCUT2D eigenvalue weighted by Crippen LogP contribution is 2.33. The summed E-state index contributed by atoms with van der Waals surface area (Å²) in [6, 6.07) is 11.4. The molecule has 1 aromatic heterocycles. The van der Waals surface area contributed by atoms with Crippen molar-refractivity contribution in [3.05, 3.63) is 74.2 Å². The lowest BCUT2D eigenvalue weighted by molar-refractivity contribution is -0.385. The first-order valence-corrected chi connectivity index (χ1v) is 8.28. The van der Waals surface area contributed by atoms with Gasteiger partial charge in [-0.05, 0) is 19.1 Å². The van der Waals surface area contributed by atoms with E-state index in [1.165, 1.54) is 18.0 Å². The lowest BCUT2D eigenvalue weighted by atomic mass is 10.1. The van der Waals surface area contributed by atoms with Gasteiger partial charge in [0.15, 0.2) is 17.2 Å². The Hall–Kier alpha value is -3.88. The van der Waals surface area contributed by atoms with E-state index in [-0.39, 0.29) is 34.0 Å². The maximum absolute atomic E-state index is 12.8. The molecule has 28 heavy (non-hydrogen) atoms. The van der Waals surface area contributed by atoms with Gasteiger partial charge in [0.1, 0.15) is 0 Å². The van der Waals surface area contributed by atoms with Gasteiger partial charge in [0, 0.05) is 24.9 Å². The SMILES string of the molecule is COc1cc([N+](=O)[O-])cc(C=Nc2c(C)n(C)n(-c3ccccc3)c2=O)c1O. The third-order valence-electron chi connectivity index (χ3n) is 4.38. The quantitative estimate of drug-likeness (QED) is 0.414. The number of aromatic hydroxyl groups is 1. The van der Waals surface area contributed by atoms with Gasteiger partial charge in [-0.1, -0.05) is 18.2 Å².